The van der Waals surface area contributed by atoms with Crippen LogP contribution in [-0.4, -0.2) is 27.1 Å². The van der Waals surface area contributed by atoms with Crippen molar-refractivity contribution in [3.63, 3.8) is 0 Å². The molecule has 1 aromatic carbocycles. The number of carbonyl (C=O) groups is 1. The Morgan fingerprint density at radius 1 is 1.23 bits per heavy atom. The lowest BCUT2D eigenvalue weighted by atomic mass is 10.1. The van der Waals surface area contributed by atoms with E-state index in [0.29, 0.717) is 18.7 Å². The quantitative estimate of drug-likeness (QED) is 0.686. The van der Waals surface area contributed by atoms with Crippen LogP contribution in [-0.2, 0) is 13.0 Å². The van der Waals surface area contributed by atoms with Gasteiger partial charge in [-0.2, -0.15) is 5.10 Å². The second-order valence-electron chi connectivity index (χ2n) is 6.23. The van der Waals surface area contributed by atoms with Crippen molar-refractivity contribution >= 4 is 5.91 Å². The van der Waals surface area contributed by atoms with Crippen LogP contribution in [0.25, 0.3) is 0 Å². The average Bonchev–Trinajstić information content (AvgIpc) is 3.12. The molecule has 1 amide bonds. The molecule has 0 aliphatic carbocycles. The Hall–Kier alpha value is -3.15. The van der Waals surface area contributed by atoms with Crippen LogP contribution in [0.1, 0.15) is 34.4 Å². The number of aryl methyl sites for hydroxylation is 1. The zero-order chi connectivity index (χ0) is 18.4. The summed E-state index contributed by atoms with van der Waals surface area (Å²) in [5, 5.41) is 9.87. The van der Waals surface area contributed by atoms with Crippen LogP contribution < -0.4 is 10.1 Å². The van der Waals surface area contributed by atoms with Crippen LogP contribution in [0.4, 0.5) is 0 Å². The Labute approximate surface area is 152 Å². The predicted molar refractivity (Wildman–Crippen MR) is 99.0 cm³/mol. The van der Waals surface area contributed by atoms with Crippen molar-refractivity contribution in [2.75, 3.05) is 0 Å². The first-order valence-corrected chi connectivity index (χ1v) is 8.55. The van der Waals surface area contributed by atoms with Gasteiger partial charge in [0.05, 0.1) is 5.69 Å². The van der Waals surface area contributed by atoms with Gasteiger partial charge in [-0.05, 0) is 43.7 Å². The molecular weight excluding hydrogens is 328 g/mol. The third-order valence-electron chi connectivity index (χ3n) is 4.00. The summed E-state index contributed by atoms with van der Waals surface area (Å²) in [6, 6.07) is 15.1. The van der Waals surface area contributed by atoms with E-state index in [1.807, 2.05) is 56.3 Å². The summed E-state index contributed by atoms with van der Waals surface area (Å²) in [5.41, 5.74) is 3.20. The monoisotopic (exact) mass is 350 g/mol. The topological polar surface area (TPSA) is 79.9 Å². The molecule has 0 spiro atoms. The Balaban J connectivity index is 1.53. The summed E-state index contributed by atoms with van der Waals surface area (Å²) >= 11 is 0. The molecule has 0 fully saturated rings. The number of hydrogen-bond acceptors (Lipinski definition) is 4. The molecule has 3 aromatic rings. The molecule has 6 heteroatoms. The first-order valence-electron chi connectivity index (χ1n) is 8.55. The lowest BCUT2D eigenvalue weighted by molar-refractivity contribution is 0.0935. The molecule has 0 bridgehead atoms. The molecule has 134 valence electrons. The van der Waals surface area contributed by atoms with Crippen LogP contribution in [0.15, 0.2) is 54.7 Å². The summed E-state index contributed by atoms with van der Waals surface area (Å²) in [6.07, 6.45) is 2.44. The van der Waals surface area contributed by atoms with Crippen molar-refractivity contribution in [3.8, 4) is 5.75 Å². The fourth-order valence-electron chi connectivity index (χ4n) is 2.60. The Kier molecular flexibility index (Phi) is 5.63. The van der Waals surface area contributed by atoms with Crippen LogP contribution in [0, 0.1) is 6.92 Å². The standard InChI is InChI=1S/C20H22N4O2/c1-14-7-6-10-21-18(14)11-15(2)22-20(25)19-12-16(23-24-19)13-26-17-8-4-3-5-9-17/h3-10,12,15H,11,13H2,1-2H3,(H,22,25)(H,23,24)/t15-/m0/s1. The number of rotatable bonds is 7. The second kappa shape index (κ2) is 8.29. The fraction of sp³-hybridized carbons (Fsp3) is 0.250. The molecular formula is C20H22N4O2. The predicted octanol–water partition coefficient (Wildman–Crippen LogP) is 3.05. The number of hydrogen-bond donors (Lipinski definition) is 2. The zero-order valence-electron chi connectivity index (χ0n) is 14.9. The van der Waals surface area contributed by atoms with Crippen molar-refractivity contribution in [2.24, 2.45) is 0 Å². The maximum absolute atomic E-state index is 12.4. The fourth-order valence-corrected chi connectivity index (χ4v) is 2.60. The van der Waals surface area contributed by atoms with Gasteiger partial charge in [0.1, 0.15) is 18.1 Å². The van der Waals surface area contributed by atoms with Gasteiger partial charge in [0.2, 0.25) is 0 Å². The zero-order valence-corrected chi connectivity index (χ0v) is 14.9. The molecule has 0 saturated carbocycles. The summed E-state index contributed by atoms with van der Waals surface area (Å²) in [4.78, 5) is 16.7. The molecule has 3 rings (SSSR count). The van der Waals surface area contributed by atoms with Crippen molar-refractivity contribution in [1.29, 1.82) is 0 Å². The number of ether oxygens (including phenoxy) is 1. The number of nitrogens with one attached hydrogen (secondary N) is 2. The number of benzene rings is 1. The van der Waals surface area contributed by atoms with E-state index in [2.05, 4.69) is 20.5 Å². The molecule has 0 aliphatic rings. The van der Waals surface area contributed by atoms with Gasteiger partial charge in [0, 0.05) is 24.4 Å². The molecule has 2 aromatic heterocycles. The van der Waals surface area contributed by atoms with Gasteiger partial charge >= 0.3 is 0 Å². The number of para-hydroxylation sites is 1. The number of amides is 1. The number of pyridine rings is 1. The molecule has 0 radical (unpaired) electrons. The van der Waals surface area contributed by atoms with Crippen LogP contribution in [0.5, 0.6) is 5.75 Å². The van der Waals surface area contributed by atoms with E-state index in [-0.39, 0.29) is 11.9 Å². The lowest BCUT2D eigenvalue weighted by Gasteiger charge is -2.13. The minimum absolute atomic E-state index is 0.0446. The van der Waals surface area contributed by atoms with Crippen molar-refractivity contribution < 1.29 is 9.53 Å². The number of carbonyl (C=O) groups excluding carboxylic acids is 1. The minimum atomic E-state index is -0.215. The van der Waals surface area contributed by atoms with Gasteiger partial charge in [-0.3, -0.25) is 14.9 Å². The van der Waals surface area contributed by atoms with E-state index in [9.17, 15) is 4.79 Å². The minimum Gasteiger partial charge on any atom is -0.487 e. The first kappa shape index (κ1) is 17.7. The normalized spacial score (nSPS) is 11.8. The molecule has 0 saturated heterocycles. The number of H-pyrrole nitrogens is 1. The van der Waals surface area contributed by atoms with Gasteiger partial charge in [-0.1, -0.05) is 24.3 Å². The Morgan fingerprint density at radius 2 is 2.04 bits per heavy atom. The highest BCUT2D eigenvalue weighted by Gasteiger charge is 2.15. The maximum Gasteiger partial charge on any atom is 0.271 e. The molecule has 1 atom stereocenters. The van der Waals surface area contributed by atoms with E-state index in [4.69, 9.17) is 4.74 Å². The van der Waals surface area contributed by atoms with E-state index in [1.54, 1.807) is 12.3 Å². The van der Waals surface area contributed by atoms with Crippen LogP contribution in [0.3, 0.4) is 0 Å². The highest BCUT2D eigenvalue weighted by Crippen LogP contribution is 2.11. The van der Waals surface area contributed by atoms with Gasteiger partial charge in [0.25, 0.3) is 5.91 Å². The SMILES string of the molecule is Cc1cccnc1C[C@H](C)NC(=O)c1cc(COc2ccccc2)[nH]n1. The average molecular weight is 350 g/mol. The molecule has 6 nitrogen and oxygen atoms in total. The summed E-state index contributed by atoms with van der Waals surface area (Å²) in [5.74, 6) is 0.556. The molecule has 0 unspecified atom stereocenters. The van der Waals surface area contributed by atoms with Crippen LogP contribution in [0.2, 0.25) is 0 Å². The highest BCUT2D eigenvalue weighted by atomic mass is 16.5. The Bertz CT molecular complexity index is 861. The van der Waals surface area contributed by atoms with Gasteiger partial charge < -0.3 is 10.1 Å². The van der Waals surface area contributed by atoms with E-state index in [0.717, 1.165) is 22.7 Å². The maximum atomic E-state index is 12.4. The van der Waals surface area contributed by atoms with Gasteiger partial charge in [-0.25, -0.2) is 0 Å². The van der Waals surface area contributed by atoms with Crippen LogP contribution >= 0.6 is 0 Å². The molecule has 26 heavy (non-hydrogen) atoms. The van der Waals surface area contributed by atoms with Crippen molar-refractivity contribution in [1.82, 2.24) is 20.5 Å². The second-order valence-corrected chi connectivity index (χ2v) is 6.23. The third-order valence-corrected chi connectivity index (χ3v) is 4.00. The summed E-state index contributed by atoms with van der Waals surface area (Å²) in [7, 11) is 0. The number of nitrogens with zero attached hydrogens (tertiary/aromatic N) is 2. The van der Waals surface area contributed by atoms with Crippen molar-refractivity contribution in [3.05, 3.63) is 77.4 Å². The first-order chi connectivity index (χ1) is 12.6. The van der Waals surface area contributed by atoms with Crippen molar-refractivity contribution in [2.45, 2.75) is 32.9 Å². The van der Waals surface area contributed by atoms with Gasteiger partial charge in [0.15, 0.2) is 0 Å². The van der Waals surface area contributed by atoms with Gasteiger partial charge in [-0.15, -0.1) is 0 Å². The number of aromatic nitrogens is 3. The smallest absolute Gasteiger partial charge is 0.271 e. The lowest BCUT2D eigenvalue weighted by Crippen LogP contribution is -2.34. The summed E-state index contributed by atoms with van der Waals surface area (Å²) < 4.78 is 5.65. The highest BCUT2D eigenvalue weighted by molar-refractivity contribution is 5.92. The van der Waals surface area contributed by atoms with E-state index < -0.39 is 0 Å². The summed E-state index contributed by atoms with van der Waals surface area (Å²) in [6.45, 7) is 4.30. The van der Waals surface area contributed by atoms with E-state index >= 15 is 0 Å². The Morgan fingerprint density at radius 3 is 2.81 bits per heavy atom. The largest absolute Gasteiger partial charge is 0.487 e. The number of aromatic amines is 1. The molecule has 2 N–H and O–H groups in total. The molecule has 2 heterocycles. The molecule has 0 aliphatic heterocycles. The van der Waals surface area contributed by atoms with E-state index in [1.165, 1.54) is 0 Å². The third kappa shape index (κ3) is 4.69.